The quantitative estimate of drug-likeness (QED) is 0.614. The summed E-state index contributed by atoms with van der Waals surface area (Å²) in [6.07, 6.45) is 10.2. The van der Waals surface area contributed by atoms with Gasteiger partial charge in [0.2, 0.25) is 0 Å². The maximum atomic E-state index is 13.1. The van der Waals surface area contributed by atoms with E-state index in [9.17, 15) is 13.2 Å². The molecule has 29 heavy (non-hydrogen) atoms. The molecular formula is C23H30F3N3. The first-order valence-electron chi connectivity index (χ1n) is 10.9. The van der Waals surface area contributed by atoms with Crippen LogP contribution < -0.4 is 5.73 Å². The van der Waals surface area contributed by atoms with Gasteiger partial charge in [-0.3, -0.25) is 0 Å². The Morgan fingerprint density at radius 3 is 2.55 bits per heavy atom. The summed E-state index contributed by atoms with van der Waals surface area (Å²) in [5, 5.41) is 0. The molecule has 0 bridgehead atoms. The van der Waals surface area contributed by atoms with Crippen molar-refractivity contribution in [3.05, 3.63) is 35.9 Å². The van der Waals surface area contributed by atoms with Gasteiger partial charge in [-0.05, 0) is 68.1 Å². The number of hydrogen-bond donors (Lipinski definition) is 1. The van der Waals surface area contributed by atoms with E-state index >= 15 is 0 Å². The molecule has 158 valence electrons. The van der Waals surface area contributed by atoms with Gasteiger partial charge in [-0.25, -0.2) is 4.98 Å². The number of hydrogen-bond acceptors (Lipinski definition) is 2. The molecule has 0 aliphatic heterocycles. The van der Waals surface area contributed by atoms with Crippen LogP contribution in [0.5, 0.6) is 0 Å². The third-order valence-electron chi connectivity index (χ3n) is 8.83. The van der Waals surface area contributed by atoms with Crippen LogP contribution in [0, 0.1) is 28.6 Å². The molecule has 1 aromatic heterocycles. The van der Waals surface area contributed by atoms with Crippen LogP contribution in [-0.2, 0) is 6.18 Å². The molecule has 6 heteroatoms. The van der Waals surface area contributed by atoms with E-state index in [1.54, 1.807) is 10.1 Å². The highest BCUT2D eigenvalue weighted by atomic mass is 19.4. The van der Waals surface area contributed by atoms with Crippen molar-refractivity contribution in [2.75, 3.05) is 0 Å². The van der Waals surface area contributed by atoms with E-state index in [0.29, 0.717) is 23.8 Å². The minimum atomic E-state index is -4.40. The molecule has 6 atom stereocenters. The number of imidazole rings is 1. The van der Waals surface area contributed by atoms with Gasteiger partial charge in [-0.15, -0.1) is 0 Å². The van der Waals surface area contributed by atoms with Crippen molar-refractivity contribution in [3.63, 3.8) is 0 Å². The van der Waals surface area contributed by atoms with Crippen LogP contribution in [0.4, 0.5) is 13.2 Å². The zero-order chi connectivity index (χ0) is 20.6. The predicted molar refractivity (Wildman–Crippen MR) is 107 cm³/mol. The molecule has 1 heterocycles. The number of alkyl halides is 3. The maximum absolute atomic E-state index is 13.1. The molecule has 5 rings (SSSR count). The normalized spacial score (nSPS) is 41.9. The van der Waals surface area contributed by atoms with Gasteiger partial charge >= 0.3 is 6.18 Å². The Kier molecular flexibility index (Phi) is 4.16. The largest absolute Gasteiger partial charge is 0.434 e. The van der Waals surface area contributed by atoms with Gasteiger partial charge in [0, 0.05) is 23.4 Å². The fourth-order valence-corrected chi connectivity index (χ4v) is 7.24. The third-order valence-corrected chi connectivity index (χ3v) is 8.83. The van der Waals surface area contributed by atoms with Crippen molar-refractivity contribution in [2.24, 2.45) is 34.3 Å². The second-order valence-corrected chi connectivity index (χ2v) is 10.2. The second-order valence-electron chi connectivity index (χ2n) is 10.2. The van der Waals surface area contributed by atoms with Crippen LogP contribution in [0.2, 0.25) is 0 Å². The van der Waals surface area contributed by atoms with Gasteiger partial charge in [0.05, 0.1) is 6.33 Å². The lowest BCUT2D eigenvalue weighted by Gasteiger charge is -2.57. The fraction of sp³-hybridized carbons (Fsp3) is 0.696. The molecule has 3 nitrogen and oxygen atoms in total. The minimum Gasteiger partial charge on any atom is -0.327 e. The van der Waals surface area contributed by atoms with Gasteiger partial charge in [0.25, 0.3) is 0 Å². The summed E-state index contributed by atoms with van der Waals surface area (Å²) in [7, 11) is 0. The van der Waals surface area contributed by atoms with Crippen molar-refractivity contribution < 1.29 is 13.2 Å². The summed E-state index contributed by atoms with van der Waals surface area (Å²) in [6.45, 7) is 4.71. The Hall–Kier alpha value is -1.56. The molecule has 0 radical (unpaired) electrons. The van der Waals surface area contributed by atoms with E-state index in [0.717, 1.165) is 50.4 Å². The Balaban J connectivity index is 1.44. The number of rotatable bonds is 1. The minimum absolute atomic E-state index is 0.0858. The average molecular weight is 406 g/mol. The highest BCUT2D eigenvalue weighted by Crippen LogP contribution is 2.65. The number of allylic oxidation sites excluding steroid dienone is 3. The first-order chi connectivity index (χ1) is 13.6. The lowest BCUT2D eigenvalue weighted by atomic mass is 9.47. The second kappa shape index (κ2) is 6.22. The van der Waals surface area contributed by atoms with Gasteiger partial charge < -0.3 is 10.3 Å². The Labute approximate surface area is 170 Å². The van der Waals surface area contributed by atoms with Gasteiger partial charge in [0.1, 0.15) is 0 Å². The molecule has 3 unspecified atom stereocenters. The summed E-state index contributed by atoms with van der Waals surface area (Å²) < 4.78 is 40.8. The van der Waals surface area contributed by atoms with E-state index in [-0.39, 0.29) is 10.8 Å². The standard InChI is InChI=1S/C23H30F3N3/c1-21-9-7-15(27)11-14(21)3-4-16-17-5-6-20(22(17,2)10-8-18(16)21)29-12-19(28-13-29)23(24,25)26/h3,6,12-13,15-18H,4-5,7-11,27H2,1-2H3/t15-,16?,17?,18?,21-,22-/m0/s1. The van der Waals surface area contributed by atoms with Crippen molar-refractivity contribution in [2.45, 2.75) is 71.0 Å². The molecule has 0 aromatic carbocycles. The van der Waals surface area contributed by atoms with Gasteiger partial charge in [-0.1, -0.05) is 31.6 Å². The lowest BCUT2D eigenvalue weighted by Crippen LogP contribution is -2.50. The molecule has 1 aromatic rings. The fourth-order valence-electron chi connectivity index (χ4n) is 7.24. The van der Waals surface area contributed by atoms with Crippen molar-refractivity contribution in [3.8, 4) is 0 Å². The van der Waals surface area contributed by atoms with Crippen LogP contribution in [0.1, 0.15) is 64.5 Å². The number of nitrogens with two attached hydrogens (primary N) is 1. The summed E-state index contributed by atoms with van der Waals surface area (Å²) >= 11 is 0. The first-order valence-corrected chi connectivity index (χ1v) is 10.9. The van der Waals surface area contributed by atoms with Crippen molar-refractivity contribution in [1.29, 1.82) is 0 Å². The number of nitrogens with zero attached hydrogens (tertiary/aromatic N) is 2. The van der Waals surface area contributed by atoms with E-state index in [4.69, 9.17) is 5.73 Å². The molecule has 0 saturated heterocycles. The molecule has 4 aliphatic rings. The van der Waals surface area contributed by atoms with Gasteiger partial charge in [0.15, 0.2) is 5.69 Å². The molecule has 2 fully saturated rings. The molecular weight excluding hydrogens is 375 g/mol. The zero-order valence-electron chi connectivity index (χ0n) is 17.2. The Bertz CT molecular complexity index is 882. The maximum Gasteiger partial charge on any atom is 0.434 e. The third kappa shape index (κ3) is 2.77. The Morgan fingerprint density at radius 1 is 1.07 bits per heavy atom. The van der Waals surface area contributed by atoms with Crippen LogP contribution in [0.15, 0.2) is 30.2 Å². The average Bonchev–Trinajstić information content (AvgIpc) is 3.26. The lowest BCUT2D eigenvalue weighted by molar-refractivity contribution is -0.140. The number of fused-ring (bicyclic) bond motifs is 5. The van der Waals surface area contributed by atoms with Crippen molar-refractivity contribution >= 4 is 5.70 Å². The SMILES string of the molecule is C[C@]12CC[C@H](N)CC1=CCC1C2CC[C@]2(C)C(n3cnc(C(F)(F)F)c3)=CCC12. The highest BCUT2D eigenvalue weighted by Gasteiger charge is 2.57. The van der Waals surface area contributed by atoms with Gasteiger partial charge in [-0.2, -0.15) is 13.2 Å². The zero-order valence-corrected chi connectivity index (χ0v) is 17.2. The van der Waals surface area contributed by atoms with Crippen LogP contribution in [-0.4, -0.2) is 15.6 Å². The monoisotopic (exact) mass is 405 g/mol. The molecule has 2 saturated carbocycles. The molecule has 2 N–H and O–H groups in total. The molecule has 4 aliphatic carbocycles. The topological polar surface area (TPSA) is 43.8 Å². The molecule has 0 amide bonds. The smallest absolute Gasteiger partial charge is 0.327 e. The van der Waals surface area contributed by atoms with Crippen LogP contribution in [0.25, 0.3) is 5.70 Å². The van der Waals surface area contributed by atoms with Crippen molar-refractivity contribution in [1.82, 2.24) is 9.55 Å². The van der Waals surface area contributed by atoms with Crippen LogP contribution in [0.3, 0.4) is 0 Å². The van der Waals surface area contributed by atoms with E-state index in [1.165, 1.54) is 12.7 Å². The summed E-state index contributed by atoms with van der Waals surface area (Å²) in [5.74, 6) is 1.74. The number of halogens is 3. The van der Waals surface area contributed by atoms with E-state index < -0.39 is 11.9 Å². The summed E-state index contributed by atoms with van der Waals surface area (Å²) in [6, 6.07) is 0.295. The van der Waals surface area contributed by atoms with E-state index in [2.05, 4.69) is 31.0 Å². The summed E-state index contributed by atoms with van der Waals surface area (Å²) in [4.78, 5) is 3.63. The highest BCUT2D eigenvalue weighted by molar-refractivity contribution is 5.57. The van der Waals surface area contributed by atoms with Crippen LogP contribution >= 0.6 is 0 Å². The Morgan fingerprint density at radius 2 is 1.83 bits per heavy atom. The number of aromatic nitrogens is 2. The van der Waals surface area contributed by atoms with E-state index in [1.807, 2.05) is 0 Å². The first kappa shape index (κ1) is 19.4. The predicted octanol–water partition coefficient (Wildman–Crippen LogP) is 5.64. The molecule has 0 spiro atoms. The summed E-state index contributed by atoms with van der Waals surface area (Å²) in [5.41, 5.74) is 8.18.